The molecule has 20 heavy (non-hydrogen) atoms. The molecular formula is C13H14FN3O2S. The van der Waals surface area contributed by atoms with E-state index in [0.29, 0.717) is 0 Å². The maximum atomic E-state index is 13.2. The van der Waals surface area contributed by atoms with Crippen LogP contribution in [-0.4, -0.2) is 20.4 Å². The van der Waals surface area contributed by atoms with Gasteiger partial charge in [0.05, 0.1) is 5.69 Å². The predicted octanol–water partition coefficient (Wildman–Crippen LogP) is 1.50. The minimum Gasteiger partial charge on any atom is -0.326 e. The standard InChI is InChI=1S/C13H14FN3O2S/c1-17(12-4-2-3-11(14)7-12)20(18,19)13-6-5-10(8-15)9-16-13/h2-7,9H,8,15H2,1H3. The zero-order valence-corrected chi connectivity index (χ0v) is 11.6. The number of halogens is 1. The summed E-state index contributed by atoms with van der Waals surface area (Å²) in [7, 11) is -2.47. The van der Waals surface area contributed by atoms with Crippen LogP contribution in [0.15, 0.2) is 47.6 Å². The first kappa shape index (κ1) is 14.4. The molecule has 0 atom stereocenters. The van der Waals surface area contributed by atoms with E-state index in [1.807, 2.05) is 0 Å². The molecular weight excluding hydrogens is 281 g/mol. The second-order valence-corrected chi connectivity index (χ2v) is 6.08. The normalized spacial score (nSPS) is 11.3. The molecule has 1 aromatic heterocycles. The van der Waals surface area contributed by atoms with Gasteiger partial charge in [0.1, 0.15) is 5.82 Å². The second kappa shape index (κ2) is 5.56. The van der Waals surface area contributed by atoms with Crippen molar-refractivity contribution in [2.45, 2.75) is 11.6 Å². The maximum Gasteiger partial charge on any atom is 0.281 e. The zero-order chi connectivity index (χ0) is 14.8. The Bertz CT molecular complexity index is 702. The number of hydrogen-bond acceptors (Lipinski definition) is 4. The molecule has 2 rings (SSSR count). The number of pyridine rings is 1. The minimum absolute atomic E-state index is 0.110. The number of sulfonamides is 1. The van der Waals surface area contributed by atoms with Crippen LogP contribution in [-0.2, 0) is 16.6 Å². The van der Waals surface area contributed by atoms with Gasteiger partial charge in [0.15, 0.2) is 5.03 Å². The third kappa shape index (κ3) is 2.78. The largest absolute Gasteiger partial charge is 0.326 e. The van der Waals surface area contributed by atoms with Crippen LogP contribution in [0.4, 0.5) is 10.1 Å². The summed E-state index contributed by atoms with van der Waals surface area (Å²) in [6.07, 6.45) is 1.41. The molecule has 5 nitrogen and oxygen atoms in total. The van der Waals surface area contributed by atoms with Gasteiger partial charge in [-0.3, -0.25) is 4.31 Å². The lowest BCUT2D eigenvalue weighted by atomic mass is 10.3. The molecule has 0 aliphatic rings. The first-order valence-corrected chi connectivity index (χ1v) is 7.28. The molecule has 0 bridgehead atoms. The number of anilines is 1. The van der Waals surface area contributed by atoms with E-state index >= 15 is 0 Å². The Hall–Kier alpha value is -1.99. The Kier molecular flexibility index (Phi) is 4.01. The lowest BCUT2D eigenvalue weighted by Gasteiger charge is -2.18. The summed E-state index contributed by atoms with van der Waals surface area (Å²) in [6, 6.07) is 8.33. The summed E-state index contributed by atoms with van der Waals surface area (Å²) < 4.78 is 38.9. The Morgan fingerprint density at radius 3 is 2.60 bits per heavy atom. The molecule has 0 amide bonds. The highest BCUT2D eigenvalue weighted by atomic mass is 32.2. The lowest BCUT2D eigenvalue weighted by Crippen LogP contribution is -2.27. The molecule has 1 aromatic carbocycles. The zero-order valence-electron chi connectivity index (χ0n) is 10.8. The first-order valence-electron chi connectivity index (χ1n) is 5.84. The fourth-order valence-electron chi connectivity index (χ4n) is 1.64. The van der Waals surface area contributed by atoms with Gasteiger partial charge in [-0.05, 0) is 29.8 Å². The highest BCUT2D eigenvalue weighted by Gasteiger charge is 2.22. The van der Waals surface area contributed by atoms with Crippen molar-refractivity contribution in [1.29, 1.82) is 0 Å². The second-order valence-electron chi connectivity index (χ2n) is 4.16. The van der Waals surface area contributed by atoms with Crippen molar-refractivity contribution in [3.63, 3.8) is 0 Å². The average Bonchev–Trinajstić information content (AvgIpc) is 2.46. The summed E-state index contributed by atoms with van der Waals surface area (Å²) in [6.45, 7) is 0.285. The molecule has 1 heterocycles. The van der Waals surface area contributed by atoms with Crippen molar-refractivity contribution in [1.82, 2.24) is 4.98 Å². The van der Waals surface area contributed by atoms with Crippen LogP contribution in [0.5, 0.6) is 0 Å². The van der Waals surface area contributed by atoms with Crippen molar-refractivity contribution in [3.8, 4) is 0 Å². The van der Waals surface area contributed by atoms with E-state index < -0.39 is 15.8 Å². The van der Waals surface area contributed by atoms with E-state index in [4.69, 9.17) is 5.73 Å². The van der Waals surface area contributed by atoms with E-state index in [1.54, 1.807) is 6.07 Å². The van der Waals surface area contributed by atoms with Crippen molar-refractivity contribution in [3.05, 3.63) is 54.0 Å². The summed E-state index contributed by atoms with van der Waals surface area (Å²) in [5.41, 5.74) is 6.40. The number of aromatic nitrogens is 1. The third-order valence-electron chi connectivity index (χ3n) is 2.83. The molecule has 0 saturated carbocycles. The van der Waals surface area contributed by atoms with Crippen LogP contribution in [0.2, 0.25) is 0 Å². The van der Waals surface area contributed by atoms with Crippen LogP contribution in [0.3, 0.4) is 0 Å². The fraction of sp³-hybridized carbons (Fsp3) is 0.154. The van der Waals surface area contributed by atoms with Crippen LogP contribution in [0.1, 0.15) is 5.56 Å². The summed E-state index contributed by atoms with van der Waals surface area (Å²) in [5.74, 6) is -0.504. The third-order valence-corrected chi connectivity index (χ3v) is 4.53. The van der Waals surface area contributed by atoms with Gasteiger partial charge in [-0.25, -0.2) is 9.37 Å². The Balaban J connectivity index is 2.38. The van der Waals surface area contributed by atoms with Gasteiger partial charge in [0, 0.05) is 19.8 Å². The molecule has 0 fully saturated rings. The van der Waals surface area contributed by atoms with Gasteiger partial charge in [-0.1, -0.05) is 12.1 Å². The molecule has 0 unspecified atom stereocenters. The van der Waals surface area contributed by atoms with Gasteiger partial charge in [-0.15, -0.1) is 0 Å². The minimum atomic E-state index is -3.82. The molecule has 0 aliphatic heterocycles. The van der Waals surface area contributed by atoms with E-state index in [-0.39, 0.29) is 17.3 Å². The molecule has 0 aliphatic carbocycles. The summed E-state index contributed by atoms with van der Waals surface area (Å²) in [5, 5.41) is -0.110. The lowest BCUT2D eigenvalue weighted by molar-refractivity contribution is 0.590. The molecule has 2 N–H and O–H groups in total. The van der Waals surface area contributed by atoms with Crippen LogP contribution >= 0.6 is 0 Å². The van der Waals surface area contributed by atoms with E-state index in [9.17, 15) is 12.8 Å². The summed E-state index contributed by atoms with van der Waals surface area (Å²) in [4.78, 5) is 3.89. The molecule has 0 saturated heterocycles. The smallest absolute Gasteiger partial charge is 0.281 e. The first-order chi connectivity index (χ1) is 9.45. The number of nitrogens with zero attached hydrogens (tertiary/aromatic N) is 2. The van der Waals surface area contributed by atoms with E-state index in [0.717, 1.165) is 15.9 Å². The molecule has 106 valence electrons. The topological polar surface area (TPSA) is 76.3 Å². The van der Waals surface area contributed by atoms with Gasteiger partial charge in [0.2, 0.25) is 0 Å². The van der Waals surface area contributed by atoms with Gasteiger partial charge >= 0.3 is 0 Å². The fourth-order valence-corrected chi connectivity index (χ4v) is 2.73. The van der Waals surface area contributed by atoms with E-state index in [1.165, 1.54) is 37.5 Å². The highest BCUT2D eigenvalue weighted by Crippen LogP contribution is 2.21. The van der Waals surface area contributed by atoms with Crippen molar-refractivity contribution in [2.75, 3.05) is 11.4 Å². The predicted molar refractivity (Wildman–Crippen MR) is 74.1 cm³/mol. The number of benzene rings is 1. The van der Waals surface area contributed by atoms with Gasteiger partial charge in [0.25, 0.3) is 10.0 Å². The van der Waals surface area contributed by atoms with Crippen molar-refractivity contribution >= 4 is 15.7 Å². The molecule has 7 heteroatoms. The molecule has 2 aromatic rings. The Labute approximate surface area is 116 Å². The monoisotopic (exact) mass is 295 g/mol. The molecule has 0 radical (unpaired) electrons. The Morgan fingerprint density at radius 1 is 1.30 bits per heavy atom. The van der Waals surface area contributed by atoms with E-state index in [2.05, 4.69) is 4.98 Å². The highest BCUT2D eigenvalue weighted by molar-refractivity contribution is 7.92. The number of hydrogen-bond donors (Lipinski definition) is 1. The van der Waals surface area contributed by atoms with Crippen LogP contribution in [0, 0.1) is 5.82 Å². The van der Waals surface area contributed by atoms with Crippen LogP contribution < -0.4 is 10.0 Å². The van der Waals surface area contributed by atoms with Crippen LogP contribution in [0.25, 0.3) is 0 Å². The average molecular weight is 295 g/mol. The SMILES string of the molecule is CN(c1cccc(F)c1)S(=O)(=O)c1ccc(CN)cn1. The van der Waals surface area contributed by atoms with Crippen molar-refractivity contribution < 1.29 is 12.8 Å². The van der Waals surface area contributed by atoms with Crippen molar-refractivity contribution in [2.24, 2.45) is 5.73 Å². The van der Waals surface area contributed by atoms with Gasteiger partial charge in [-0.2, -0.15) is 8.42 Å². The number of nitrogens with two attached hydrogens (primary N) is 1. The number of rotatable bonds is 4. The summed E-state index contributed by atoms with van der Waals surface area (Å²) >= 11 is 0. The quantitative estimate of drug-likeness (QED) is 0.927. The Morgan fingerprint density at radius 2 is 2.05 bits per heavy atom. The van der Waals surface area contributed by atoms with Gasteiger partial charge < -0.3 is 5.73 Å². The maximum absolute atomic E-state index is 13.2. The molecule has 0 spiro atoms.